The fourth-order valence-electron chi connectivity index (χ4n) is 4.38. The van der Waals surface area contributed by atoms with Crippen LogP contribution in [0.2, 0.25) is 0 Å². The standard InChI is InChI=1S/C28H25N5O/c1-19-18-33(23-9-8-21(16-29)26(15-23)30-11-4-5-13-34)28-27(19)24(10-12-31-28)22-14-20-6-2-3-7-25(20)32-17-22/h2-3,6-10,12,14-15,17-18,30,34H,4-5,11,13H2,1H3. The van der Waals surface area contributed by atoms with Crippen molar-refractivity contribution in [2.75, 3.05) is 18.5 Å². The zero-order valence-corrected chi connectivity index (χ0v) is 19.0. The van der Waals surface area contributed by atoms with Crippen molar-refractivity contribution >= 4 is 27.6 Å². The number of fused-ring (bicyclic) bond motifs is 2. The molecule has 6 heteroatoms. The van der Waals surface area contributed by atoms with Gasteiger partial charge in [-0.3, -0.25) is 4.98 Å². The molecule has 0 saturated heterocycles. The van der Waals surface area contributed by atoms with E-state index in [1.165, 1.54) is 0 Å². The molecule has 6 nitrogen and oxygen atoms in total. The second kappa shape index (κ2) is 9.34. The lowest BCUT2D eigenvalue weighted by Crippen LogP contribution is -2.05. The number of nitriles is 1. The lowest BCUT2D eigenvalue weighted by atomic mass is 10.0. The zero-order chi connectivity index (χ0) is 23.5. The number of aliphatic hydroxyl groups is 1. The van der Waals surface area contributed by atoms with Crippen LogP contribution in [0.5, 0.6) is 0 Å². The Labute approximate surface area is 198 Å². The van der Waals surface area contributed by atoms with E-state index in [4.69, 9.17) is 10.1 Å². The number of hydrogen-bond donors (Lipinski definition) is 2. The third-order valence-electron chi connectivity index (χ3n) is 6.08. The highest BCUT2D eigenvalue weighted by molar-refractivity contribution is 5.98. The van der Waals surface area contributed by atoms with Crippen molar-refractivity contribution in [2.45, 2.75) is 19.8 Å². The van der Waals surface area contributed by atoms with Gasteiger partial charge in [0.05, 0.1) is 16.8 Å². The highest BCUT2D eigenvalue weighted by Crippen LogP contribution is 2.34. The van der Waals surface area contributed by atoms with Gasteiger partial charge in [-0.25, -0.2) is 4.98 Å². The Kier molecular flexibility index (Phi) is 5.94. The molecule has 0 radical (unpaired) electrons. The average molecular weight is 448 g/mol. The van der Waals surface area contributed by atoms with Crippen molar-refractivity contribution in [2.24, 2.45) is 0 Å². The first-order valence-electron chi connectivity index (χ1n) is 11.4. The number of aryl methyl sites for hydroxylation is 1. The van der Waals surface area contributed by atoms with Crippen LogP contribution in [0.15, 0.2) is 73.2 Å². The van der Waals surface area contributed by atoms with Gasteiger partial charge in [-0.1, -0.05) is 18.2 Å². The number of aromatic nitrogens is 3. The number of anilines is 1. The summed E-state index contributed by atoms with van der Waals surface area (Å²) in [5.74, 6) is 0. The van der Waals surface area contributed by atoms with Crippen LogP contribution in [0.4, 0.5) is 5.69 Å². The Morgan fingerprint density at radius 1 is 1.06 bits per heavy atom. The van der Waals surface area contributed by atoms with E-state index in [-0.39, 0.29) is 6.61 Å². The molecule has 0 aliphatic heterocycles. The summed E-state index contributed by atoms with van der Waals surface area (Å²) in [6, 6.07) is 20.4. The van der Waals surface area contributed by atoms with Gasteiger partial charge in [0, 0.05) is 53.8 Å². The van der Waals surface area contributed by atoms with E-state index in [0.29, 0.717) is 12.1 Å². The van der Waals surface area contributed by atoms with Gasteiger partial charge >= 0.3 is 0 Å². The summed E-state index contributed by atoms with van der Waals surface area (Å²) in [5.41, 5.74) is 7.41. The Morgan fingerprint density at radius 2 is 1.94 bits per heavy atom. The number of pyridine rings is 2. The van der Waals surface area contributed by atoms with Crippen molar-refractivity contribution in [1.29, 1.82) is 5.26 Å². The van der Waals surface area contributed by atoms with Crippen molar-refractivity contribution < 1.29 is 5.11 Å². The lowest BCUT2D eigenvalue weighted by Gasteiger charge is -2.12. The second-order valence-electron chi connectivity index (χ2n) is 8.36. The molecule has 168 valence electrons. The van der Waals surface area contributed by atoms with Gasteiger partial charge in [0.15, 0.2) is 0 Å². The van der Waals surface area contributed by atoms with Crippen LogP contribution in [0.3, 0.4) is 0 Å². The molecular weight excluding hydrogens is 422 g/mol. The molecule has 0 spiro atoms. The SMILES string of the molecule is Cc1cn(-c2ccc(C#N)c(NCCCCO)c2)c2nccc(-c3cnc4ccccc4c3)c12. The van der Waals surface area contributed by atoms with E-state index in [9.17, 15) is 5.26 Å². The fourth-order valence-corrected chi connectivity index (χ4v) is 4.38. The van der Waals surface area contributed by atoms with E-state index in [1.807, 2.05) is 54.9 Å². The molecule has 0 aliphatic carbocycles. The van der Waals surface area contributed by atoms with Gasteiger partial charge in [0.25, 0.3) is 0 Å². The van der Waals surface area contributed by atoms with Gasteiger partial charge < -0.3 is 15.0 Å². The van der Waals surface area contributed by atoms with Gasteiger partial charge in [-0.2, -0.15) is 5.26 Å². The molecule has 3 aromatic heterocycles. The van der Waals surface area contributed by atoms with Crippen LogP contribution < -0.4 is 5.32 Å². The molecule has 0 unspecified atom stereocenters. The first-order chi connectivity index (χ1) is 16.7. The maximum absolute atomic E-state index is 9.54. The molecule has 34 heavy (non-hydrogen) atoms. The Hall–Kier alpha value is -4.21. The van der Waals surface area contributed by atoms with Crippen LogP contribution >= 0.6 is 0 Å². The van der Waals surface area contributed by atoms with Gasteiger partial charge in [-0.05, 0) is 67.3 Å². The summed E-state index contributed by atoms with van der Waals surface area (Å²) in [5, 5.41) is 24.1. The van der Waals surface area contributed by atoms with Crippen LogP contribution in [0.25, 0.3) is 38.8 Å². The van der Waals surface area contributed by atoms with Crippen molar-refractivity contribution in [3.05, 3.63) is 84.3 Å². The molecule has 5 rings (SSSR count). The van der Waals surface area contributed by atoms with Crippen LogP contribution in [0, 0.1) is 18.3 Å². The summed E-state index contributed by atoms with van der Waals surface area (Å²) in [6.07, 6.45) is 7.41. The number of unbranched alkanes of at least 4 members (excludes halogenated alkanes) is 1. The Balaban J connectivity index is 1.59. The molecule has 0 saturated carbocycles. The predicted octanol–water partition coefficient (Wildman–Crippen LogP) is 5.61. The quantitative estimate of drug-likeness (QED) is 0.317. The minimum Gasteiger partial charge on any atom is -0.396 e. The molecule has 0 amide bonds. The third-order valence-corrected chi connectivity index (χ3v) is 6.08. The summed E-state index contributed by atoms with van der Waals surface area (Å²) >= 11 is 0. The van der Waals surface area contributed by atoms with Gasteiger partial charge in [0.1, 0.15) is 11.7 Å². The molecule has 3 heterocycles. The van der Waals surface area contributed by atoms with Crippen molar-refractivity contribution in [1.82, 2.24) is 14.5 Å². The lowest BCUT2D eigenvalue weighted by molar-refractivity contribution is 0.286. The molecular formula is C28H25N5O. The number of rotatable bonds is 7. The monoisotopic (exact) mass is 447 g/mol. The largest absolute Gasteiger partial charge is 0.396 e. The molecule has 0 bridgehead atoms. The van der Waals surface area contributed by atoms with Gasteiger partial charge in [0.2, 0.25) is 0 Å². The van der Waals surface area contributed by atoms with Crippen LogP contribution in [-0.4, -0.2) is 32.8 Å². The van der Waals surface area contributed by atoms with E-state index >= 15 is 0 Å². The van der Waals surface area contributed by atoms with E-state index in [2.05, 4.69) is 46.2 Å². The van der Waals surface area contributed by atoms with E-state index in [1.54, 1.807) is 0 Å². The fraction of sp³-hybridized carbons (Fsp3) is 0.179. The number of benzene rings is 2. The van der Waals surface area contributed by atoms with E-state index < -0.39 is 0 Å². The third kappa shape index (κ3) is 3.98. The maximum Gasteiger partial charge on any atom is 0.145 e. The summed E-state index contributed by atoms with van der Waals surface area (Å²) in [7, 11) is 0. The average Bonchev–Trinajstić information content (AvgIpc) is 3.23. The minimum atomic E-state index is 0.169. The molecule has 0 atom stereocenters. The van der Waals surface area contributed by atoms with E-state index in [0.717, 1.165) is 62.8 Å². The number of nitrogens with zero attached hydrogens (tertiary/aromatic N) is 4. The highest BCUT2D eigenvalue weighted by Gasteiger charge is 2.15. The summed E-state index contributed by atoms with van der Waals surface area (Å²) < 4.78 is 2.07. The number of nitrogens with one attached hydrogen (secondary N) is 1. The summed E-state index contributed by atoms with van der Waals surface area (Å²) in [4.78, 5) is 9.36. The molecule has 2 N–H and O–H groups in total. The first kappa shape index (κ1) is 21.6. The maximum atomic E-state index is 9.54. The van der Waals surface area contributed by atoms with Crippen molar-refractivity contribution in [3.63, 3.8) is 0 Å². The second-order valence-corrected chi connectivity index (χ2v) is 8.36. The summed E-state index contributed by atoms with van der Waals surface area (Å²) in [6.45, 7) is 2.96. The number of aliphatic hydroxyl groups excluding tert-OH is 1. The highest BCUT2D eigenvalue weighted by atomic mass is 16.2. The first-order valence-corrected chi connectivity index (χ1v) is 11.4. The number of para-hydroxylation sites is 1. The normalized spacial score (nSPS) is 11.1. The van der Waals surface area contributed by atoms with Gasteiger partial charge in [-0.15, -0.1) is 0 Å². The molecule has 2 aromatic carbocycles. The smallest absolute Gasteiger partial charge is 0.145 e. The molecule has 0 fully saturated rings. The van der Waals surface area contributed by atoms with Crippen LogP contribution in [-0.2, 0) is 0 Å². The molecule has 0 aliphatic rings. The molecule has 5 aromatic rings. The van der Waals surface area contributed by atoms with Crippen LogP contribution in [0.1, 0.15) is 24.0 Å². The number of hydrogen-bond acceptors (Lipinski definition) is 5. The Bertz CT molecular complexity index is 1530. The topological polar surface area (TPSA) is 86.8 Å². The zero-order valence-electron chi connectivity index (χ0n) is 19.0. The van der Waals surface area contributed by atoms with Crippen molar-refractivity contribution in [3.8, 4) is 22.9 Å². The Morgan fingerprint density at radius 3 is 2.79 bits per heavy atom. The minimum absolute atomic E-state index is 0.169. The predicted molar refractivity (Wildman–Crippen MR) is 136 cm³/mol.